The summed E-state index contributed by atoms with van der Waals surface area (Å²) in [7, 11) is 0. The molecule has 0 N–H and O–H groups in total. The van der Waals surface area contributed by atoms with Gasteiger partial charge in [-0.25, -0.2) is 15.0 Å². The van der Waals surface area contributed by atoms with Crippen molar-refractivity contribution >= 4 is 22.9 Å². The van der Waals surface area contributed by atoms with Gasteiger partial charge in [-0.2, -0.15) is 13.2 Å². The number of alkyl halides is 3. The van der Waals surface area contributed by atoms with Crippen LogP contribution in [-0.2, 0) is 12.7 Å². The van der Waals surface area contributed by atoms with Crippen LogP contribution in [0.3, 0.4) is 0 Å². The molecule has 0 radical (unpaired) electrons. The molecule has 3 rings (SSSR count). The van der Waals surface area contributed by atoms with E-state index in [0.717, 1.165) is 6.07 Å². The van der Waals surface area contributed by atoms with Crippen molar-refractivity contribution in [1.29, 1.82) is 0 Å². The summed E-state index contributed by atoms with van der Waals surface area (Å²) in [4.78, 5) is 12.3. The highest BCUT2D eigenvalue weighted by Crippen LogP contribution is 2.35. The minimum atomic E-state index is -4.46. The number of benzene rings is 1. The van der Waals surface area contributed by atoms with E-state index in [-0.39, 0.29) is 5.02 Å². The van der Waals surface area contributed by atoms with Crippen molar-refractivity contribution in [1.82, 2.24) is 19.5 Å². The van der Waals surface area contributed by atoms with Crippen LogP contribution in [0.25, 0.3) is 11.3 Å². The lowest BCUT2D eigenvalue weighted by atomic mass is 10.1. The van der Waals surface area contributed by atoms with E-state index < -0.39 is 11.7 Å². The van der Waals surface area contributed by atoms with Gasteiger partial charge in [-0.15, -0.1) is 0 Å². The molecular weight excluding hydrogens is 305 g/mol. The first-order valence-corrected chi connectivity index (χ1v) is 6.30. The molecule has 0 unspecified atom stereocenters. The molecule has 0 amide bonds. The molecule has 2 heterocycles. The summed E-state index contributed by atoms with van der Waals surface area (Å²) in [6.45, 7) is 0.313. The van der Waals surface area contributed by atoms with Crippen LogP contribution in [0.5, 0.6) is 0 Å². The molecule has 0 spiro atoms. The molecule has 0 fully saturated rings. The highest BCUT2D eigenvalue weighted by Gasteiger charge is 2.32. The lowest BCUT2D eigenvalue weighted by Gasteiger charge is -2.10. The van der Waals surface area contributed by atoms with E-state index in [1.54, 1.807) is 4.57 Å². The molecule has 3 aromatic rings. The smallest absolute Gasteiger partial charge is 0.309 e. The Bertz CT molecular complexity index is 797. The van der Waals surface area contributed by atoms with E-state index in [9.17, 15) is 13.2 Å². The van der Waals surface area contributed by atoms with Crippen LogP contribution >= 0.6 is 11.6 Å². The second-order valence-corrected chi connectivity index (χ2v) is 4.80. The third-order valence-electron chi connectivity index (χ3n) is 2.94. The van der Waals surface area contributed by atoms with Gasteiger partial charge in [-0.3, -0.25) is 0 Å². The fourth-order valence-electron chi connectivity index (χ4n) is 2.00. The number of halogens is 4. The van der Waals surface area contributed by atoms with Crippen LogP contribution < -0.4 is 0 Å². The standard InChI is InChI=1S/C13H8ClF3N4/c14-10-5-8(1-2-9(10)13(15,16)17)6-21-7-20-11-12(21)19-4-3-18-11/h1-5,7H,6H2. The Kier molecular flexibility index (Phi) is 3.29. The molecule has 108 valence electrons. The molecule has 2 aromatic heterocycles. The van der Waals surface area contributed by atoms with Gasteiger partial charge in [0.05, 0.1) is 23.5 Å². The molecule has 0 saturated heterocycles. The topological polar surface area (TPSA) is 43.6 Å². The molecule has 0 saturated carbocycles. The van der Waals surface area contributed by atoms with Crippen LogP contribution in [-0.4, -0.2) is 19.5 Å². The predicted molar refractivity (Wildman–Crippen MR) is 70.9 cm³/mol. The number of nitrogens with zero attached hydrogens (tertiary/aromatic N) is 4. The van der Waals surface area contributed by atoms with Crippen molar-refractivity contribution in [2.24, 2.45) is 0 Å². The van der Waals surface area contributed by atoms with Crippen LogP contribution in [0, 0.1) is 0 Å². The van der Waals surface area contributed by atoms with Crippen LogP contribution in [0.4, 0.5) is 13.2 Å². The molecule has 21 heavy (non-hydrogen) atoms. The van der Waals surface area contributed by atoms with Crippen molar-refractivity contribution in [3.8, 4) is 0 Å². The number of imidazole rings is 1. The van der Waals surface area contributed by atoms with Crippen LogP contribution in [0.15, 0.2) is 36.9 Å². The van der Waals surface area contributed by atoms with E-state index >= 15 is 0 Å². The van der Waals surface area contributed by atoms with Gasteiger partial charge in [0.2, 0.25) is 0 Å². The fourth-order valence-corrected chi connectivity index (χ4v) is 2.31. The predicted octanol–water partition coefficient (Wildman–Crippen LogP) is 3.55. The summed E-state index contributed by atoms with van der Waals surface area (Å²) >= 11 is 5.70. The van der Waals surface area contributed by atoms with Gasteiger partial charge in [0.1, 0.15) is 0 Å². The second-order valence-electron chi connectivity index (χ2n) is 4.39. The molecule has 0 aliphatic rings. The Labute approximate surface area is 122 Å². The lowest BCUT2D eigenvalue weighted by Crippen LogP contribution is -2.07. The van der Waals surface area contributed by atoms with Gasteiger partial charge in [-0.1, -0.05) is 17.7 Å². The maximum atomic E-state index is 12.6. The largest absolute Gasteiger partial charge is 0.417 e. The Morgan fingerprint density at radius 2 is 1.86 bits per heavy atom. The molecule has 0 atom stereocenters. The maximum Gasteiger partial charge on any atom is 0.417 e. The van der Waals surface area contributed by atoms with E-state index in [1.165, 1.54) is 30.9 Å². The Morgan fingerprint density at radius 3 is 2.57 bits per heavy atom. The van der Waals surface area contributed by atoms with E-state index in [1.807, 2.05) is 0 Å². The fraction of sp³-hybridized carbons (Fsp3) is 0.154. The SMILES string of the molecule is FC(F)(F)c1ccc(Cn2cnc3nccnc32)cc1Cl. The highest BCUT2D eigenvalue weighted by atomic mass is 35.5. The van der Waals surface area contributed by atoms with E-state index in [2.05, 4.69) is 15.0 Å². The average Bonchev–Trinajstić information content (AvgIpc) is 2.81. The Hall–Kier alpha value is -2.15. The zero-order valence-corrected chi connectivity index (χ0v) is 11.2. The average molecular weight is 313 g/mol. The molecular formula is C13H8ClF3N4. The minimum absolute atomic E-state index is 0.313. The normalized spacial score (nSPS) is 12.0. The van der Waals surface area contributed by atoms with Crippen molar-refractivity contribution in [3.05, 3.63) is 53.1 Å². The number of aromatic nitrogens is 4. The van der Waals surface area contributed by atoms with Crippen molar-refractivity contribution in [2.75, 3.05) is 0 Å². The summed E-state index contributed by atoms with van der Waals surface area (Å²) in [6.07, 6.45) is 0.133. The Balaban J connectivity index is 1.94. The zero-order chi connectivity index (χ0) is 15.0. The van der Waals surface area contributed by atoms with E-state index in [4.69, 9.17) is 11.6 Å². The van der Waals surface area contributed by atoms with Gasteiger partial charge in [0.25, 0.3) is 0 Å². The first-order valence-electron chi connectivity index (χ1n) is 5.92. The molecule has 0 bridgehead atoms. The summed E-state index contributed by atoms with van der Waals surface area (Å²) in [5, 5.41) is -0.324. The minimum Gasteiger partial charge on any atom is -0.309 e. The zero-order valence-electron chi connectivity index (χ0n) is 10.5. The second kappa shape index (κ2) is 5.00. The molecule has 0 aliphatic heterocycles. The monoisotopic (exact) mass is 312 g/mol. The lowest BCUT2D eigenvalue weighted by molar-refractivity contribution is -0.137. The van der Waals surface area contributed by atoms with Crippen molar-refractivity contribution in [3.63, 3.8) is 0 Å². The van der Waals surface area contributed by atoms with Gasteiger partial charge < -0.3 is 4.57 Å². The molecule has 8 heteroatoms. The van der Waals surface area contributed by atoms with Crippen molar-refractivity contribution in [2.45, 2.75) is 12.7 Å². The van der Waals surface area contributed by atoms with Gasteiger partial charge in [-0.05, 0) is 17.7 Å². The molecule has 0 aliphatic carbocycles. The van der Waals surface area contributed by atoms with Crippen LogP contribution in [0.2, 0.25) is 5.02 Å². The van der Waals surface area contributed by atoms with Gasteiger partial charge in [0, 0.05) is 12.4 Å². The maximum absolute atomic E-state index is 12.6. The van der Waals surface area contributed by atoms with Crippen LogP contribution in [0.1, 0.15) is 11.1 Å². The summed E-state index contributed by atoms with van der Waals surface area (Å²) in [6, 6.07) is 3.66. The van der Waals surface area contributed by atoms with Gasteiger partial charge in [0.15, 0.2) is 11.3 Å². The third-order valence-corrected chi connectivity index (χ3v) is 3.26. The number of hydrogen-bond acceptors (Lipinski definition) is 3. The number of rotatable bonds is 2. The van der Waals surface area contributed by atoms with Crippen molar-refractivity contribution < 1.29 is 13.2 Å². The van der Waals surface area contributed by atoms with Gasteiger partial charge >= 0.3 is 6.18 Å². The summed E-state index contributed by atoms with van der Waals surface area (Å²) < 4.78 is 39.6. The molecule has 4 nitrogen and oxygen atoms in total. The first kappa shape index (κ1) is 13.8. The molecule has 1 aromatic carbocycles. The Morgan fingerprint density at radius 1 is 1.10 bits per heavy atom. The highest BCUT2D eigenvalue weighted by molar-refractivity contribution is 6.31. The number of hydrogen-bond donors (Lipinski definition) is 0. The quantitative estimate of drug-likeness (QED) is 0.727. The summed E-state index contributed by atoms with van der Waals surface area (Å²) in [5.74, 6) is 0. The number of fused-ring (bicyclic) bond motifs is 1. The third kappa shape index (κ3) is 2.69. The summed E-state index contributed by atoms with van der Waals surface area (Å²) in [5.41, 5.74) is 0.824. The van der Waals surface area contributed by atoms with E-state index in [0.29, 0.717) is 23.4 Å². The first-order chi connectivity index (χ1) is 9.95.